The number of esters is 1. The molecule has 1 N–H and O–H groups in total. The first kappa shape index (κ1) is 16.3. The summed E-state index contributed by atoms with van der Waals surface area (Å²) < 4.78 is 32.1. The number of benzene rings is 2. The molecule has 1 aliphatic heterocycles. The fourth-order valence-electron chi connectivity index (χ4n) is 2.47. The predicted octanol–water partition coefficient (Wildman–Crippen LogP) is 3.21. The van der Waals surface area contributed by atoms with Crippen LogP contribution in [0.5, 0.6) is 0 Å². The molecule has 6 heteroatoms. The van der Waals surface area contributed by atoms with Gasteiger partial charge in [-0.3, -0.25) is 4.72 Å². The van der Waals surface area contributed by atoms with Crippen LogP contribution in [0.15, 0.2) is 65.1 Å². The predicted molar refractivity (Wildman–Crippen MR) is 91.8 cm³/mol. The smallest absolute Gasteiger partial charge is 0.334 e. The normalized spacial score (nSPS) is 19.3. The molecule has 0 bridgehead atoms. The Kier molecular flexibility index (Phi) is 4.40. The first-order valence-electron chi connectivity index (χ1n) is 7.53. The summed E-state index contributed by atoms with van der Waals surface area (Å²) in [5.74, 6) is -0.295. The fraction of sp³-hybridized carbons (Fsp3) is 0.167. The molecule has 0 radical (unpaired) electrons. The van der Waals surface area contributed by atoms with Crippen LogP contribution in [-0.4, -0.2) is 20.5 Å². The van der Waals surface area contributed by atoms with E-state index in [1.165, 1.54) is 12.1 Å². The molecule has 1 saturated heterocycles. The van der Waals surface area contributed by atoms with Gasteiger partial charge in [-0.15, -0.1) is 0 Å². The summed E-state index contributed by atoms with van der Waals surface area (Å²) in [5.41, 5.74) is 1.90. The number of hydrogen-bond donors (Lipinski definition) is 1. The molecule has 1 aliphatic rings. The van der Waals surface area contributed by atoms with Crippen LogP contribution in [0.3, 0.4) is 0 Å². The zero-order valence-corrected chi connectivity index (χ0v) is 13.9. The van der Waals surface area contributed by atoms with Crippen molar-refractivity contribution in [1.82, 2.24) is 0 Å². The van der Waals surface area contributed by atoms with E-state index in [2.05, 4.69) is 4.72 Å². The Morgan fingerprint density at radius 3 is 2.33 bits per heavy atom. The lowest BCUT2D eigenvalue weighted by molar-refractivity contribution is -0.138. The van der Waals surface area contributed by atoms with Gasteiger partial charge in [0.25, 0.3) is 10.0 Å². The third-order valence-electron chi connectivity index (χ3n) is 3.64. The zero-order valence-electron chi connectivity index (χ0n) is 13.1. The van der Waals surface area contributed by atoms with Gasteiger partial charge in [0.2, 0.25) is 0 Å². The molecule has 0 saturated carbocycles. The van der Waals surface area contributed by atoms with Crippen molar-refractivity contribution in [1.29, 1.82) is 0 Å². The van der Waals surface area contributed by atoms with E-state index in [9.17, 15) is 13.2 Å². The molecular weight excluding hydrogens is 326 g/mol. The summed E-state index contributed by atoms with van der Waals surface area (Å²) in [5, 5.41) is 0. The molecule has 1 atom stereocenters. The van der Waals surface area contributed by atoms with E-state index in [1.807, 2.05) is 6.92 Å². The second-order valence-corrected chi connectivity index (χ2v) is 7.31. The lowest BCUT2D eigenvalue weighted by Crippen LogP contribution is -2.12. The number of cyclic esters (lactones) is 1. The summed E-state index contributed by atoms with van der Waals surface area (Å²) >= 11 is 0. The van der Waals surface area contributed by atoms with E-state index < -0.39 is 10.0 Å². The average molecular weight is 343 g/mol. The van der Waals surface area contributed by atoms with Crippen LogP contribution in [0.4, 0.5) is 5.69 Å². The largest absolute Gasteiger partial charge is 0.459 e. The SMILES string of the molecule is CC1CC(=Cc2ccc(NS(=O)(=O)c3ccccc3)cc2)C(=O)O1. The Balaban J connectivity index is 1.76. The highest BCUT2D eigenvalue weighted by molar-refractivity contribution is 7.92. The van der Waals surface area contributed by atoms with E-state index >= 15 is 0 Å². The second-order valence-electron chi connectivity index (χ2n) is 5.63. The average Bonchev–Trinajstić information content (AvgIpc) is 2.87. The third-order valence-corrected chi connectivity index (χ3v) is 5.03. The van der Waals surface area contributed by atoms with Gasteiger partial charge in [0.1, 0.15) is 6.10 Å². The molecule has 0 spiro atoms. The summed E-state index contributed by atoms with van der Waals surface area (Å²) in [6.07, 6.45) is 2.25. The van der Waals surface area contributed by atoms with Crippen molar-refractivity contribution in [3.8, 4) is 0 Å². The van der Waals surface area contributed by atoms with E-state index in [0.717, 1.165) is 5.56 Å². The molecule has 1 fully saturated rings. The van der Waals surface area contributed by atoms with Gasteiger partial charge in [-0.05, 0) is 42.8 Å². The Bertz CT molecular complexity index is 871. The minimum absolute atomic E-state index is 0.0966. The van der Waals surface area contributed by atoms with Gasteiger partial charge in [-0.1, -0.05) is 30.3 Å². The number of carbonyl (C=O) groups excluding carboxylic acids is 1. The number of nitrogens with one attached hydrogen (secondary N) is 1. The van der Waals surface area contributed by atoms with Crippen LogP contribution in [0.2, 0.25) is 0 Å². The monoisotopic (exact) mass is 343 g/mol. The Morgan fingerprint density at radius 2 is 1.75 bits per heavy atom. The highest BCUT2D eigenvalue weighted by Crippen LogP contribution is 2.23. The van der Waals surface area contributed by atoms with Gasteiger partial charge in [0, 0.05) is 17.7 Å². The number of anilines is 1. The van der Waals surface area contributed by atoms with E-state index in [-0.39, 0.29) is 17.0 Å². The van der Waals surface area contributed by atoms with Crippen molar-refractivity contribution in [3.05, 3.63) is 65.7 Å². The molecule has 1 unspecified atom stereocenters. The summed E-state index contributed by atoms with van der Waals surface area (Å²) in [6, 6.07) is 15.0. The molecule has 0 aromatic heterocycles. The Hall–Kier alpha value is -2.60. The molecule has 2 aromatic rings. The molecule has 2 aromatic carbocycles. The van der Waals surface area contributed by atoms with Gasteiger partial charge >= 0.3 is 5.97 Å². The van der Waals surface area contributed by atoms with Crippen LogP contribution < -0.4 is 4.72 Å². The zero-order chi connectivity index (χ0) is 17.2. The van der Waals surface area contributed by atoms with Gasteiger partial charge in [-0.2, -0.15) is 0 Å². The summed E-state index contributed by atoms with van der Waals surface area (Å²) in [4.78, 5) is 11.8. The molecular formula is C18H17NO4S. The van der Waals surface area contributed by atoms with E-state index in [0.29, 0.717) is 17.7 Å². The number of sulfonamides is 1. The Morgan fingerprint density at radius 1 is 1.08 bits per heavy atom. The number of ether oxygens (including phenoxy) is 1. The third kappa shape index (κ3) is 3.65. The molecule has 3 rings (SSSR count). The minimum atomic E-state index is -3.60. The van der Waals surface area contributed by atoms with Gasteiger partial charge in [-0.25, -0.2) is 13.2 Å². The van der Waals surface area contributed by atoms with Crippen molar-refractivity contribution >= 4 is 27.8 Å². The standard InChI is InChI=1S/C18H17NO4S/c1-13-11-15(18(20)23-13)12-14-7-9-16(10-8-14)19-24(21,22)17-5-3-2-4-6-17/h2-10,12-13,19H,11H2,1H3. The highest BCUT2D eigenvalue weighted by atomic mass is 32.2. The van der Waals surface area contributed by atoms with Crippen LogP contribution in [0.1, 0.15) is 18.9 Å². The fourth-order valence-corrected chi connectivity index (χ4v) is 3.55. The summed E-state index contributed by atoms with van der Waals surface area (Å²) in [7, 11) is -3.60. The quantitative estimate of drug-likeness (QED) is 0.683. The van der Waals surface area contributed by atoms with Crippen LogP contribution in [0, 0.1) is 0 Å². The van der Waals surface area contributed by atoms with E-state index in [1.54, 1.807) is 48.5 Å². The van der Waals surface area contributed by atoms with E-state index in [4.69, 9.17) is 4.74 Å². The number of rotatable bonds is 4. The van der Waals surface area contributed by atoms with Crippen molar-refractivity contribution < 1.29 is 17.9 Å². The number of hydrogen-bond acceptors (Lipinski definition) is 4. The molecule has 5 nitrogen and oxygen atoms in total. The maximum atomic E-state index is 12.3. The van der Waals surface area contributed by atoms with Crippen molar-refractivity contribution in [2.45, 2.75) is 24.3 Å². The maximum absolute atomic E-state index is 12.3. The number of carbonyl (C=O) groups is 1. The lowest BCUT2D eigenvalue weighted by atomic mass is 10.1. The second kappa shape index (κ2) is 6.49. The highest BCUT2D eigenvalue weighted by Gasteiger charge is 2.25. The first-order valence-corrected chi connectivity index (χ1v) is 9.02. The van der Waals surface area contributed by atoms with Crippen molar-refractivity contribution in [2.75, 3.05) is 4.72 Å². The topological polar surface area (TPSA) is 72.5 Å². The van der Waals surface area contributed by atoms with Crippen LogP contribution >= 0.6 is 0 Å². The van der Waals surface area contributed by atoms with Crippen LogP contribution in [0.25, 0.3) is 6.08 Å². The molecule has 0 aliphatic carbocycles. The Labute approximate surface area is 141 Å². The first-order chi connectivity index (χ1) is 11.4. The van der Waals surface area contributed by atoms with Gasteiger partial charge in [0.05, 0.1) is 4.90 Å². The minimum Gasteiger partial charge on any atom is -0.459 e. The van der Waals surface area contributed by atoms with Crippen molar-refractivity contribution in [2.24, 2.45) is 0 Å². The maximum Gasteiger partial charge on any atom is 0.334 e. The van der Waals surface area contributed by atoms with Crippen molar-refractivity contribution in [3.63, 3.8) is 0 Å². The molecule has 24 heavy (non-hydrogen) atoms. The lowest BCUT2D eigenvalue weighted by Gasteiger charge is -2.08. The molecule has 124 valence electrons. The molecule has 1 heterocycles. The molecule has 0 amide bonds. The van der Waals surface area contributed by atoms with Crippen LogP contribution in [-0.2, 0) is 19.6 Å². The van der Waals surface area contributed by atoms with Gasteiger partial charge in [0.15, 0.2) is 0 Å². The van der Waals surface area contributed by atoms with Gasteiger partial charge < -0.3 is 4.74 Å². The summed E-state index contributed by atoms with van der Waals surface area (Å²) in [6.45, 7) is 1.85.